The highest BCUT2D eigenvalue weighted by molar-refractivity contribution is 7.15. The van der Waals surface area contributed by atoms with Gasteiger partial charge in [-0.3, -0.25) is 4.98 Å². The van der Waals surface area contributed by atoms with Gasteiger partial charge in [-0.25, -0.2) is 19.3 Å². The number of nitrogens with one attached hydrogen (secondary N) is 1. The Morgan fingerprint density at radius 3 is 2.54 bits per heavy atom. The predicted octanol–water partition coefficient (Wildman–Crippen LogP) is 2.94. The smallest absolute Gasteiger partial charge is 0.223 e. The van der Waals surface area contributed by atoms with Gasteiger partial charge in [-0.15, -0.1) is 11.3 Å². The van der Waals surface area contributed by atoms with Crippen molar-refractivity contribution in [3.63, 3.8) is 0 Å². The second-order valence-corrected chi connectivity index (χ2v) is 6.83. The maximum Gasteiger partial charge on any atom is 0.223 e. The third kappa shape index (κ3) is 3.39. The second-order valence-electron chi connectivity index (χ2n) is 5.72. The van der Waals surface area contributed by atoms with Crippen LogP contribution in [0.1, 0.15) is 24.4 Å². The third-order valence-corrected chi connectivity index (χ3v) is 4.50. The van der Waals surface area contributed by atoms with Crippen LogP contribution < -0.4 is 11.1 Å². The van der Waals surface area contributed by atoms with Crippen LogP contribution in [0.25, 0.3) is 10.6 Å². The topological polar surface area (TPSA) is 89.6 Å². The van der Waals surface area contributed by atoms with E-state index in [2.05, 4.69) is 25.3 Å². The normalized spacial score (nSPS) is 11.5. The fourth-order valence-electron chi connectivity index (χ4n) is 2.22. The Labute approximate surface area is 143 Å². The summed E-state index contributed by atoms with van der Waals surface area (Å²) in [7, 11) is 0. The van der Waals surface area contributed by atoms with E-state index in [0.29, 0.717) is 18.2 Å². The average molecular weight is 344 g/mol. The lowest BCUT2D eigenvalue weighted by molar-refractivity contribution is 0.510. The molecule has 0 aliphatic rings. The van der Waals surface area contributed by atoms with Crippen LogP contribution in [0.2, 0.25) is 0 Å². The number of anilines is 1. The van der Waals surface area contributed by atoms with Crippen molar-refractivity contribution in [2.24, 2.45) is 5.73 Å². The van der Waals surface area contributed by atoms with Gasteiger partial charge in [-0.05, 0) is 26.0 Å². The SMILES string of the molecule is CC(C)(Nc1ncc(-c2ncc(CN)s2)cn1)c1ncccc1F. The first kappa shape index (κ1) is 16.4. The van der Waals surface area contributed by atoms with Crippen LogP contribution in [0.5, 0.6) is 0 Å². The summed E-state index contributed by atoms with van der Waals surface area (Å²) in [5.41, 5.74) is 5.97. The Morgan fingerprint density at radius 2 is 1.92 bits per heavy atom. The summed E-state index contributed by atoms with van der Waals surface area (Å²) in [4.78, 5) is 18.0. The van der Waals surface area contributed by atoms with Gasteiger partial charge in [0, 0.05) is 41.8 Å². The van der Waals surface area contributed by atoms with Crippen LogP contribution >= 0.6 is 11.3 Å². The van der Waals surface area contributed by atoms with E-state index < -0.39 is 5.54 Å². The molecule has 24 heavy (non-hydrogen) atoms. The number of thiazole rings is 1. The van der Waals surface area contributed by atoms with Gasteiger partial charge in [0.2, 0.25) is 5.95 Å². The van der Waals surface area contributed by atoms with Crippen LogP contribution in [0.4, 0.5) is 10.3 Å². The highest BCUT2D eigenvalue weighted by atomic mass is 32.1. The zero-order valence-corrected chi connectivity index (χ0v) is 14.1. The van der Waals surface area contributed by atoms with E-state index in [1.807, 2.05) is 13.8 Å². The molecule has 3 aromatic rings. The molecule has 0 amide bonds. The lowest BCUT2D eigenvalue weighted by Crippen LogP contribution is -2.31. The first-order valence-electron chi connectivity index (χ1n) is 7.36. The van der Waals surface area contributed by atoms with Crippen molar-refractivity contribution in [2.75, 3.05) is 5.32 Å². The Balaban J connectivity index is 1.80. The van der Waals surface area contributed by atoms with Crippen molar-refractivity contribution in [3.05, 3.63) is 53.3 Å². The summed E-state index contributed by atoms with van der Waals surface area (Å²) in [5.74, 6) is 0.0214. The number of nitrogens with two attached hydrogens (primary N) is 1. The molecule has 0 radical (unpaired) electrons. The van der Waals surface area contributed by atoms with E-state index in [9.17, 15) is 4.39 Å². The van der Waals surface area contributed by atoms with Crippen molar-refractivity contribution >= 4 is 17.3 Å². The number of nitrogens with zero attached hydrogens (tertiary/aromatic N) is 4. The van der Waals surface area contributed by atoms with E-state index in [-0.39, 0.29) is 5.82 Å². The van der Waals surface area contributed by atoms with E-state index in [1.165, 1.54) is 17.4 Å². The molecule has 0 atom stereocenters. The third-order valence-electron chi connectivity index (χ3n) is 3.43. The molecule has 0 unspecified atom stereocenters. The molecular weight excluding hydrogens is 327 g/mol. The number of rotatable bonds is 5. The molecule has 0 fully saturated rings. The Bertz CT molecular complexity index is 831. The first-order chi connectivity index (χ1) is 11.5. The standard InChI is InChI=1S/C16H17FN6S/c1-16(2,13-12(17)4-3-5-19-13)23-15-21-7-10(8-22-15)14-20-9-11(6-18)24-14/h3-5,7-9H,6,18H2,1-2H3,(H,21,22,23). The summed E-state index contributed by atoms with van der Waals surface area (Å²) < 4.78 is 13.9. The molecule has 3 N–H and O–H groups in total. The highest BCUT2D eigenvalue weighted by Gasteiger charge is 2.26. The monoisotopic (exact) mass is 344 g/mol. The predicted molar refractivity (Wildman–Crippen MR) is 91.9 cm³/mol. The molecule has 0 aliphatic carbocycles. The first-order valence-corrected chi connectivity index (χ1v) is 8.17. The zero-order chi connectivity index (χ0) is 17.2. The second kappa shape index (κ2) is 6.58. The van der Waals surface area contributed by atoms with Gasteiger partial charge in [-0.1, -0.05) is 0 Å². The molecule has 3 rings (SSSR count). The minimum Gasteiger partial charge on any atom is -0.344 e. The Kier molecular flexibility index (Phi) is 4.50. The van der Waals surface area contributed by atoms with Crippen molar-refractivity contribution in [1.82, 2.24) is 19.9 Å². The molecule has 0 aliphatic heterocycles. The largest absolute Gasteiger partial charge is 0.344 e. The summed E-state index contributed by atoms with van der Waals surface area (Å²) in [6.07, 6.45) is 6.67. The van der Waals surface area contributed by atoms with Crippen LogP contribution in [-0.2, 0) is 12.1 Å². The number of hydrogen-bond acceptors (Lipinski definition) is 7. The number of hydrogen-bond donors (Lipinski definition) is 2. The van der Waals surface area contributed by atoms with Crippen molar-refractivity contribution in [3.8, 4) is 10.6 Å². The molecule has 0 spiro atoms. The summed E-state index contributed by atoms with van der Waals surface area (Å²) in [6, 6.07) is 2.94. The molecule has 124 valence electrons. The summed E-state index contributed by atoms with van der Waals surface area (Å²) in [5, 5.41) is 3.93. The van der Waals surface area contributed by atoms with Crippen LogP contribution in [0, 0.1) is 5.82 Å². The minimum atomic E-state index is -0.749. The van der Waals surface area contributed by atoms with Gasteiger partial charge in [0.25, 0.3) is 0 Å². The molecule has 6 nitrogen and oxygen atoms in total. The van der Waals surface area contributed by atoms with Crippen LogP contribution in [0.15, 0.2) is 36.9 Å². The Morgan fingerprint density at radius 1 is 1.17 bits per heavy atom. The quantitative estimate of drug-likeness (QED) is 0.740. The number of pyridine rings is 1. The van der Waals surface area contributed by atoms with Gasteiger partial charge >= 0.3 is 0 Å². The van der Waals surface area contributed by atoms with E-state index in [1.54, 1.807) is 30.9 Å². The fourth-order valence-corrected chi connectivity index (χ4v) is 2.99. The lowest BCUT2D eigenvalue weighted by Gasteiger charge is -2.25. The van der Waals surface area contributed by atoms with Gasteiger partial charge in [-0.2, -0.15) is 0 Å². The van der Waals surface area contributed by atoms with Crippen molar-refractivity contribution in [1.29, 1.82) is 0 Å². The van der Waals surface area contributed by atoms with E-state index in [0.717, 1.165) is 15.4 Å². The van der Waals surface area contributed by atoms with E-state index in [4.69, 9.17) is 5.73 Å². The summed E-state index contributed by atoms with van der Waals surface area (Å²) >= 11 is 1.51. The maximum atomic E-state index is 13.9. The van der Waals surface area contributed by atoms with Crippen molar-refractivity contribution < 1.29 is 4.39 Å². The zero-order valence-electron chi connectivity index (χ0n) is 13.3. The highest BCUT2D eigenvalue weighted by Crippen LogP contribution is 2.26. The molecule has 3 heterocycles. The lowest BCUT2D eigenvalue weighted by atomic mass is 9.99. The molecule has 3 aromatic heterocycles. The van der Waals surface area contributed by atoms with Gasteiger partial charge < -0.3 is 11.1 Å². The fraction of sp³-hybridized carbons (Fsp3) is 0.250. The van der Waals surface area contributed by atoms with Crippen molar-refractivity contribution in [2.45, 2.75) is 25.9 Å². The van der Waals surface area contributed by atoms with E-state index >= 15 is 0 Å². The molecule has 8 heteroatoms. The Hall–Kier alpha value is -2.45. The molecule has 0 saturated heterocycles. The van der Waals surface area contributed by atoms with Gasteiger partial charge in [0.1, 0.15) is 16.5 Å². The number of halogens is 1. The number of aromatic nitrogens is 4. The average Bonchev–Trinajstić information content (AvgIpc) is 3.04. The molecular formula is C16H17FN6S. The van der Waals surface area contributed by atoms with Gasteiger partial charge in [0.15, 0.2) is 0 Å². The molecule has 0 saturated carbocycles. The van der Waals surface area contributed by atoms with Gasteiger partial charge in [0.05, 0.1) is 5.54 Å². The summed E-state index contributed by atoms with van der Waals surface area (Å²) in [6.45, 7) is 4.11. The van der Waals surface area contributed by atoms with Crippen LogP contribution in [-0.4, -0.2) is 19.9 Å². The molecule has 0 bridgehead atoms. The molecule has 0 aromatic carbocycles. The maximum absolute atomic E-state index is 13.9. The minimum absolute atomic E-state index is 0.310. The van der Waals surface area contributed by atoms with Crippen LogP contribution in [0.3, 0.4) is 0 Å².